The van der Waals surface area contributed by atoms with Gasteiger partial charge in [-0.25, -0.2) is 18.4 Å². The molecule has 1 fully saturated rings. The second-order valence-corrected chi connectivity index (χ2v) is 10.4. The summed E-state index contributed by atoms with van der Waals surface area (Å²) in [5.74, 6) is 0.333. The Morgan fingerprint density at radius 2 is 1.73 bits per heavy atom. The van der Waals surface area contributed by atoms with Gasteiger partial charge < -0.3 is 11.1 Å². The van der Waals surface area contributed by atoms with Gasteiger partial charge in [-0.2, -0.15) is 10.2 Å². The van der Waals surface area contributed by atoms with E-state index in [1.807, 2.05) is 6.08 Å². The summed E-state index contributed by atoms with van der Waals surface area (Å²) in [5.41, 5.74) is 7.70. The lowest BCUT2D eigenvalue weighted by Gasteiger charge is -2.26. The number of hydrogen-bond donors (Lipinski definition) is 2. The summed E-state index contributed by atoms with van der Waals surface area (Å²) in [6.07, 6.45) is 11.2. The maximum atomic E-state index is 12.6. The van der Waals surface area contributed by atoms with E-state index >= 15 is 0 Å². The number of aromatic nitrogens is 4. The summed E-state index contributed by atoms with van der Waals surface area (Å²) in [7, 11) is -3.61. The molecule has 2 heterocycles. The molecule has 0 spiro atoms. The summed E-state index contributed by atoms with van der Waals surface area (Å²) < 4.78 is 25.2. The monoisotopic (exact) mass is 484 g/mol. The molecule has 0 aliphatic heterocycles. The molecule has 1 saturated carbocycles. The number of hydrogen-bond acceptors (Lipinski definition) is 8. The van der Waals surface area contributed by atoms with Crippen LogP contribution in [-0.4, -0.2) is 40.7 Å². The van der Waals surface area contributed by atoms with E-state index in [-0.39, 0.29) is 15.7 Å². The molecule has 10 heteroatoms. The molecule has 2 aromatic heterocycles. The van der Waals surface area contributed by atoms with Crippen molar-refractivity contribution in [3.8, 4) is 0 Å². The molecule has 3 aromatic rings. The highest BCUT2D eigenvalue weighted by Crippen LogP contribution is 2.24. The van der Waals surface area contributed by atoms with Crippen molar-refractivity contribution in [2.75, 3.05) is 5.32 Å². The van der Waals surface area contributed by atoms with Crippen LogP contribution < -0.4 is 11.1 Å². The fourth-order valence-electron chi connectivity index (χ4n) is 3.63. The third-order valence-corrected chi connectivity index (χ3v) is 7.62. The zero-order valence-electron chi connectivity index (χ0n) is 17.9. The van der Waals surface area contributed by atoms with Crippen LogP contribution >= 0.6 is 11.6 Å². The van der Waals surface area contributed by atoms with E-state index in [9.17, 15) is 8.42 Å². The molecule has 0 bridgehead atoms. The largest absolute Gasteiger partial charge is 0.351 e. The predicted molar refractivity (Wildman–Crippen MR) is 129 cm³/mol. The van der Waals surface area contributed by atoms with Gasteiger partial charge in [-0.3, -0.25) is 0 Å². The molecule has 8 nitrogen and oxygen atoms in total. The third kappa shape index (κ3) is 6.34. The van der Waals surface area contributed by atoms with Crippen molar-refractivity contribution >= 4 is 39.5 Å². The van der Waals surface area contributed by atoms with Gasteiger partial charge in [0.25, 0.3) is 0 Å². The van der Waals surface area contributed by atoms with Gasteiger partial charge in [-0.1, -0.05) is 23.7 Å². The molecule has 0 unspecified atom stereocenters. The smallest absolute Gasteiger partial charge is 0.222 e. The molecular formula is C23H25ClN6O2S. The van der Waals surface area contributed by atoms with Crippen LogP contribution in [0.2, 0.25) is 5.02 Å². The highest BCUT2D eigenvalue weighted by molar-refractivity contribution is 7.90. The predicted octanol–water partition coefficient (Wildman–Crippen LogP) is 3.75. The van der Waals surface area contributed by atoms with E-state index in [4.69, 9.17) is 17.3 Å². The third-order valence-electron chi connectivity index (χ3n) is 5.47. The van der Waals surface area contributed by atoms with Crippen LogP contribution in [0, 0.1) is 0 Å². The molecular weight excluding hydrogens is 460 g/mol. The number of nitrogens with zero attached hydrogens (tertiary/aromatic N) is 4. The Labute approximate surface area is 198 Å². The molecule has 33 heavy (non-hydrogen) atoms. The van der Waals surface area contributed by atoms with Crippen LogP contribution in [0.1, 0.15) is 42.6 Å². The Kier molecular flexibility index (Phi) is 7.32. The Hall–Kier alpha value is -2.88. The van der Waals surface area contributed by atoms with E-state index in [0.29, 0.717) is 29.4 Å². The average molecular weight is 485 g/mol. The molecule has 4 rings (SSSR count). The Morgan fingerprint density at radius 1 is 1.00 bits per heavy atom. The summed E-state index contributed by atoms with van der Waals surface area (Å²) in [6.45, 7) is 0. The summed E-state index contributed by atoms with van der Waals surface area (Å²) in [6, 6.07) is 10.4. The topological polar surface area (TPSA) is 124 Å². The molecule has 1 aliphatic carbocycles. The van der Waals surface area contributed by atoms with Crippen LogP contribution in [0.5, 0.6) is 0 Å². The lowest BCUT2D eigenvalue weighted by atomic mass is 9.92. The first-order chi connectivity index (χ1) is 15.9. The van der Waals surface area contributed by atoms with Gasteiger partial charge in [0.1, 0.15) is 0 Å². The number of anilines is 1. The lowest BCUT2D eigenvalue weighted by Crippen LogP contribution is -2.33. The van der Waals surface area contributed by atoms with Crippen molar-refractivity contribution < 1.29 is 8.42 Å². The molecule has 1 aromatic carbocycles. The van der Waals surface area contributed by atoms with Crippen molar-refractivity contribution in [1.29, 1.82) is 0 Å². The second-order valence-electron chi connectivity index (χ2n) is 8.07. The van der Waals surface area contributed by atoms with Gasteiger partial charge in [0.15, 0.2) is 9.84 Å². The summed E-state index contributed by atoms with van der Waals surface area (Å²) in [5, 5.41) is 11.7. The van der Waals surface area contributed by atoms with Gasteiger partial charge in [0.2, 0.25) is 5.95 Å². The van der Waals surface area contributed by atoms with E-state index in [0.717, 1.165) is 31.2 Å². The number of halogens is 1. The van der Waals surface area contributed by atoms with Crippen molar-refractivity contribution in [2.45, 2.75) is 48.4 Å². The minimum absolute atomic E-state index is 0.0856. The van der Waals surface area contributed by atoms with Crippen LogP contribution in [0.15, 0.2) is 53.7 Å². The molecule has 172 valence electrons. The van der Waals surface area contributed by atoms with Gasteiger partial charge in [0.05, 0.1) is 27.1 Å². The van der Waals surface area contributed by atoms with E-state index in [1.165, 1.54) is 6.07 Å². The molecule has 0 atom stereocenters. The fourth-order valence-corrected chi connectivity index (χ4v) is 5.47. The SMILES string of the molecule is NC1CCC(Nc2ncc(/C=C/c3ccc(CS(=O)(=O)c4ccccc4Cl)nn3)cn2)CC1. The summed E-state index contributed by atoms with van der Waals surface area (Å²) >= 11 is 6.02. The van der Waals surface area contributed by atoms with E-state index < -0.39 is 9.84 Å². The summed E-state index contributed by atoms with van der Waals surface area (Å²) in [4.78, 5) is 8.84. The highest BCUT2D eigenvalue weighted by atomic mass is 35.5. The van der Waals surface area contributed by atoms with Gasteiger partial charge in [0, 0.05) is 30.0 Å². The Bertz CT molecular complexity index is 1210. The molecule has 0 radical (unpaired) electrons. The maximum Gasteiger partial charge on any atom is 0.222 e. The van der Waals surface area contributed by atoms with Crippen LogP contribution in [0.4, 0.5) is 5.95 Å². The minimum atomic E-state index is -3.61. The van der Waals surface area contributed by atoms with E-state index in [1.54, 1.807) is 48.8 Å². The minimum Gasteiger partial charge on any atom is -0.351 e. The average Bonchev–Trinajstić information content (AvgIpc) is 2.81. The van der Waals surface area contributed by atoms with Crippen molar-refractivity contribution in [2.24, 2.45) is 5.73 Å². The van der Waals surface area contributed by atoms with Gasteiger partial charge >= 0.3 is 0 Å². The quantitative estimate of drug-likeness (QED) is 0.519. The molecule has 0 amide bonds. The number of nitrogens with one attached hydrogen (secondary N) is 1. The zero-order valence-corrected chi connectivity index (χ0v) is 19.5. The lowest BCUT2D eigenvalue weighted by molar-refractivity contribution is 0.410. The van der Waals surface area contributed by atoms with E-state index in [2.05, 4.69) is 25.5 Å². The number of sulfone groups is 1. The zero-order chi connectivity index (χ0) is 23.3. The molecule has 1 aliphatic rings. The normalized spacial score (nSPS) is 19.0. The molecule has 0 saturated heterocycles. The van der Waals surface area contributed by atoms with Gasteiger partial charge in [-0.15, -0.1) is 0 Å². The standard InChI is InChI=1S/C23H25ClN6O2S/c24-21-3-1-2-4-22(21)33(31,32)15-20-12-11-19(29-30-20)8-5-16-13-26-23(27-14-16)28-18-9-6-17(25)7-10-18/h1-5,8,11-14,17-18H,6-7,9-10,15,25H2,(H,26,27,28)/b8-5+. The molecule has 3 N–H and O–H groups in total. The van der Waals surface area contributed by atoms with Gasteiger partial charge in [-0.05, 0) is 62.1 Å². The first-order valence-corrected chi connectivity index (χ1v) is 12.7. The van der Waals surface area contributed by atoms with Crippen molar-refractivity contribution in [3.63, 3.8) is 0 Å². The first-order valence-electron chi connectivity index (χ1n) is 10.7. The van der Waals surface area contributed by atoms with Crippen LogP contribution in [0.3, 0.4) is 0 Å². The fraction of sp³-hybridized carbons (Fsp3) is 0.304. The number of benzene rings is 1. The Balaban J connectivity index is 1.35. The second kappa shape index (κ2) is 10.4. The highest BCUT2D eigenvalue weighted by Gasteiger charge is 2.20. The van der Waals surface area contributed by atoms with Crippen molar-refractivity contribution in [3.05, 3.63) is 70.8 Å². The number of rotatable bonds is 7. The first kappa shape index (κ1) is 23.3. The Morgan fingerprint density at radius 3 is 2.39 bits per heavy atom. The van der Waals surface area contributed by atoms with Crippen LogP contribution in [0.25, 0.3) is 12.2 Å². The number of nitrogens with two attached hydrogens (primary N) is 1. The van der Waals surface area contributed by atoms with Crippen LogP contribution in [-0.2, 0) is 15.6 Å². The van der Waals surface area contributed by atoms with Crippen molar-refractivity contribution in [1.82, 2.24) is 20.2 Å². The maximum absolute atomic E-state index is 12.6.